The molecule has 0 unspecified atom stereocenters. The molecule has 2 rings (SSSR count). The summed E-state index contributed by atoms with van der Waals surface area (Å²) in [7, 11) is 0. The first-order valence-electron chi connectivity index (χ1n) is 5.61. The highest BCUT2D eigenvalue weighted by Gasteiger charge is 2.17. The Morgan fingerprint density at radius 3 is 2.68 bits per heavy atom. The van der Waals surface area contributed by atoms with Gasteiger partial charge in [0, 0.05) is 11.8 Å². The second kappa shape index (κ2) is 5.40. The Hall–Kier alpha value is -1.89. The van der Waals surface area contributed by atoms with E-state index >= 15 is 0 Å². The summed E-state index contributed by atoms with van der Waals surface area (Å²) in [5.74, 6) is 0.773. The fourth-order valence-corrected chi connectivity index (χ4v) is 2.66. The first-order chi connectivity index (χ1) is 8.97. The van der Waals surface area contributed by atoms with Gasteiger partial charge in [0.25, 0.3) is 0 Å². The number of hydrogen-bond acceptors (Lipinski definition) is 6. The largest absolute Gasteiger partial charge is 0.478 e. The Labute approximate surface area is 114 Å². The second-order valence-corrected chi connectivity index (χ2v) is 5.02. The molecule has 0 radical (unpaired) electrons. The van der Waals surface area contributed by atoms with Crippen molar-refractivity contribution in [2.45, 2.75) is 31.6 Å². The van der Waals surface area contributed by atoms with E-state index < -0.39 is 5.97 Å². The lowest BCUT2D eigenvalue weighted by atomic mass is 10.2. The molecule has 2 aromatic heterocycles. The Kier molecular flexibility index (Phi) is 3.84. The van der Waals surface area contributed by atoms with Gasteiger partial charge in [-0.2, -0.15) is 0 Å². The molecule has 1 N–H and O–H groups in total. The molecule has 2 aromatic rings. The standard InChI is InChI=1S/C12H13N3O3S/c1-6-4-9(15-18-6)5-19-11-10(12(16)17)7(2)13-8(3)14-11/h4H,5H2,1-3H3,(H,16,17). The van der Waals surface area contributed by atoms with Crippen LogP contribution in [0, 0.1) is 20.8 Å². The Morgan fingerprint density at radius 2 is 2.11 bits per heavy atom. The van der Waals surface area contributed by atoms with Crippen molar-refractivity contribution in [3.05, 3.63) is 34.6 Å². The van der Waals surface area contributed by atoms with Crippen LogP contribution >= 0.6 is 11.8 Å². The minimum atomic E-state index is -1.02. The van der Waals surface area contributed by atoms with Gasteiger partial charge in [-0.25, -0.2) is 14.8 Å². The van der Waals surface area contributed by atoms with E-state index in [0.717, 1.165) is 11.5 Å². The van der Waals surface area contributed by atoms with Crippen molar-refractivity contribution in [3.8, 4) is 0 Å². The molecule has 0 saturated carbocycles. The number of aromatic carboxylic acids is 1. The van der Waals surface area contributed by atoms with E-state index in [1.54, 1.807) is 13.8 Å². The van der Waals surface area contributed by atoms with Crippen LogP contribution in [-0.4, -0.2) is 26.2 Å². The quantitative estimate of drug-likeness (QED) is 0.678. The van der Waals surface area contributed by atoms with Gasteiger partial charge in [-0.15, -0.1) is 0 Å². The van der Waals surface area contributed by atoms with E-state index in [1.165, 1.54) is 11.8 Å². The Morgan fingerprint density at radius 1 is 1.37 bits per heavy atom. The number of hydrogen-bond donors (Lipinski definition) is 1. The molecular weight excluding hydrogens is 266 g/mol. The van der Waals surface area contributed by atoms with Crippen LogP contribution in [0.2, 0.25) is 0 Å². The van der Waals surface area contributed by atoms with E-state index in [4.69, 9.17) is 4.52 Å². The van der Waals surface area contributed by atoms with E-state index in [9.17, 15) is 9.90 Å². The molecule has 0 fully saturated rings. The summed E-state index contributed by atoms with van der Waals surface area (Å²) in [6.45, 7) is 5.22. The summed E-state index contributed by atoms with van der Waals surface area (Å²) in [6, 6.07) is 1.81. The van der Waals surface area contributed by atoms with Gasteiger partial charge in [0.05, 0.1) is 11.4 Å². The molecule has 0 saturated heterocycles. The van der Waals surface area contributed by atoms with Crippen LogP contribution in [0.15, 0.2) is 15.6 Å². The van der Waals surface area contributed by atoms with Crippen LogP contribution in [0.4, 0.5) is 0 Å². The van der Waals surface area contributed by atoms with Gasteiger partial charge >= 0.3 is 5.97 Å². The van der Waals surface area contributed by atoms with Gasteiger partial charge < -0.3 is 9.63 Å². The predicted molar refractivity (Wildman–Crippen MR) is 69.3 cm³/mol. The fourth-order valence-electron chi connectivity index (χ4n) is 1.66. The molecule has 0 atom stereocenters. The average Bonchev–Trinajstić information content (AvgIpc) is 2.71. The molecule has 0 bridgehead atoms. The van der Waals surface area contributed by atoms with E-state index in [-0.39, 0.29) is 5.56 Å². The number of nitrogens with zero attached hydrogens (tertiary/aromatic N) is 3. The third-order valence-corrected chi connectivity index (χ3v) is 3.42. The number of aryl methyl sites for hydroxylation is 3. The lowest BCUT2D eigenvalue weighted by Crippen LogP contribution is -2.08. The normalized spacial score (nSPS) is 10.7. The predicted octanol–water partition coefficient (Wildman–Crippen LogP) is 2.38. The van der Waals surface area contributed by atoms with Crippen molar-refractivity contribution in [1.82, 2.24) is 15.1 Å². The zero-order chi connectivity index (χ0) is 14.0. The van der Waals surface area contributed by atoms with Crippen molar-refractivity contribution in [2.75, 3.05) is 0 Å². The molecule has 0 aliphatic heterocycles. The van der Waals surface area contributed by atoms with Crippen molar-refractivity contribution >= 4 is 17.7 Å². The molecule has 0 spiro atoms. The van der Waals surface area contributed by atoms with Crippen LogP contribution in [0.25, 0.3) is 0 Å². The highest BCUT2D eigenvalue weighted by atomic mass is 32.2. The summed E-state index contributed by atoms with van der Waals surface area (Å²) in [6.07, 6.45) is 0. The highest BCUT2D eigenvalue weighted by molar-refractivity contribution is 7.98. The van der Waals surface area contributed by atoms with Crippen LogP contribution in [0.1, 0.15) is 33.3 Å². The van der Waals surface area contributed by atoms with Gasteiger partial charge in [0.15, 0.2) is 0 Å². The first kappa shape index (κ1) is 13.5. The van der Waals surface area contributed by atoms with Gasteiger partial charge in [-0.3, -0.25) is 0 Å². The molecule has 6 nitrogen and oxygen atoms in total. The minimum Gasteiger partial charge on any atom is -0.478 e. The monoisotopic (exact) mass is 279 g/mol. The summed E-state index contributed by atoms with van der Waals surface area (Å²) in [5.41, 5.74) is 1.38. The number of carboxylic acids is 1. The summed E-state index contributed by atoms with van der Waals surface area (Å²) in [4.78, 5) is 19.5. The average molecular weight is 279 g/mol. The summed E-state index contributed by atoms with van der Waals surface area (Å²) < 4.78 is 4.97. The molecule has 2 heterocycles. The number of carbonyl (C=O) groups is 1. The Bertz CT molecular complexity index is 625. The molecule has 0 amide bonds. The first-order valence-corrected chi connectivity index (χ1v) is 6.59. The van der Waals surface area contributed by atoms with Crippen LogP contribution in [0.5, 0.6) is 0 Å². The van der Waals surface area contributed by atoms with Crippen LogP contribution in [0.3, 0.4) is 0 Å². The maximum atomic E-state index is 11.2. The van der Waals surface area contributed by atoms with E-state index in [0.29, 0.717) is 22.3 Å². The zero-order valence-corrected chi connectivity index (χ0v) is 11.6. The van der Waals surface area contributed by atoms with E-state index in [1.807, 2.05) is 13.0 Å². The maximum Gasteiger partial charge on any atom is 0.340 e. The lowest BCUT2D eigenvalue weighted by molar-refractivity contribution is 0.0690. The van der Waals surface area contributed by atoms with Crippen molar-refractivity contribution in [2.24, 2.45) is 0 Å². The topological polar surface area (TPSA) is 89.1 Å². The maximum absolute atomic E-state index is 11.2. The number of thioether (sulfide) groups is 1. The van der Waals surface area contributed by atoms with Gasteiger partial charge in [0.2, 0.25) is 0 Å². The van der Waals surface area contributed by atoms with Crippen LogP contribution < -0.4 is 0 Å². The molecular formula is C12H13N3O3S. The second-order valence-electron chi connectivity index (χ2n) is 4.06. The van der Waals surface area contributed by atoms with Crippen LogP contribution in [-0.2, 0) is 5.75 Å². The van der Waals surface area contributed by atoms with Gasteiger partial charge in [-0.1, -0.05) is 16.9 Å². The SMILES string of the molecule is Cc1nc(C)c(C(=O)O)c(SCc2cc(C)on2)n1. The van der Waals surface area contributed by atoms with Crippen molar-refractivity contribution in [1.29, 1.82) is 0 Å². The fraction of sp³-hybridized carbons (Fsp3) is 0.333. The molecule has 0 aromatic carbocycles. The molecule has 19 heavy (non-hydrogen) atoms. The van der Waals surface area contributed by atoms with Gasteiger partial charge in [0.1, 0.15) is 22.2 Å². The highest BCUT2D eigenvalue weighted by Crippen LogP contribution is 2.26. The van der Waals surface area contributed by atoms with Gasteiger partial charge in [-0.05, 0) is 20.8 Å². The third kappa shape index (κ3) is 3.11. The summed E-state index contributed by atoms with van der Waals surface area (Å²) in [5, 5.41) is 13.5. The van der Waals surface area contributed by atoms with Crippen molar-refractivity contribution < 1.29 is 14.4 Å². The molecule has 7 heteroatoms. The smallest absolute Gasteiger partial charge is 0.340 e. The number of aromatic nitrogens is 3. The Balaban J connectivity index is 2.26. The molecule has 100 valence electrons. The number of rotatable bonds is 4. The summed E-state index contributed by atoms with van der Waals surface area (Å²) >= 11 is 1.32. The minimum absolute atomic E-state index is 0.149. The lowest BCUT2D eigenvalue weighted by Gasteiger charge is -2.07. The van der Waals surface area contributed by atoms with E-state index in [2.05, 4.69) is 15.1 Å². The zero-order valence-electron chi connectivity index (χ0n) is 10.8. The number of carboxylic acid groups (broad SMARTS) is 1. The molecule has 0 aliphatic rings. The molecule has 0 aliphatic carbocycles. The van der Waals surface area contributed by atoms with Crippen molar-refractivity contribution in [3.63, 3.8) is 0 Å². The third-order valence-electron chi connectivity index (χ3n) is 2.42.